The number of halogens is 6. The predicted octanol–water partition coefficient (Wildman–Crippen LogP) is 11.2. The quantitative estimate of drug-likeness (QED) is 0.0749. The Kier molecular flexibility index (Phi) is 23.2. The molecular weight excluding hydrogens is 921 g/mol. The van der Waals surface area contributed by atoms with Gasteiger partial charge in [-0.2, -0.15) is 0 Å². The highest BCUT2D eigenvalue weighted by molar-refractivity contribution is 9.69. The lowest BCUT2D eigenvalue weighted by molar-refractivity contribution is 0.0956. The lowest BCUT2D eigenvalue weighted by Gasteiger charge is -2.08. The van der Waals surface area contributed by atoms with E-state index in [2.05, 4.69) is 47.3 Å². The van der Waals surface area contributed by atoms with Gasteiger partial charge in [-0.15, -0.1) is 70.5 Å². The first-order chi connectivity index (χ1) is 23.2. The third-order valence-corrected chi connectivity index (χ3v) is 7.36. The van der Waals surface area contributed by atoms with Gasteiger partial charge in [0, 0.05) is 23.8 Å². The van der Waals surface area contributed by atoms with Crippen LogP contribution in [0.3, 0.4) is 0 Å². The van der Waals surface area contributed by atoms with Crippen LogP contribution < -0.4 is 9.47 Å². The van der Waals surface area contributed by atoms with Crippen molar-refractivity contribution in [1.82, 2.24) is 0 Å². The topological polar surface area (TPSA) is 151 Å². The zero-order chi connectivity index (χ0) is 36.8. The first kappa shape index (κ1) is 48.8. The molecule has 3 aliphatic rings. The Morgan fingerprint density at radius 2 is 1.12 bits per heavy atom. The van der Waals surface area contributed by atoms with Gasteiger partial charge in [0.1, 0.15) is 34.5 Å². The molecule has 0 atom stereocenters. The Morgan fingerprint density at radius 3 is 1.55 bits per heavy atom. The number of hydrogen-bond donors (Lipinski definition) is 4. The van der Waals surface area contributed by atoms with Crippen LogP contribution in [0.15, 0.2) is 48.5 Å². The highest BCUT2D eigenvalue weighted by Gasteiger charge is 2.34. The van der Waals surface area contributed by atoms with Crippen molar-refractivity contribution in [3.8, 4) is 34.5 Å². The van der Waals surface area contributed by atoms with Gasteiger partial charge in [-0.05, 0) is 81.0 Å². The van der Waals surface area contributed by atoms with E-state index in [-0.39, 0.29) is 97.6 Å². The average molecular weight is 965 g/mol. The van der Waals surface area contributed by atoms with E-state index in [1.807, 2.05) is 0 Å². The molecule has 282 valence electrons. The number of ether oxygens (including phenoxy) is 2. The second kappa shape index (κ2) is 24.2. The van der Waals surface area contributed by atoms with Crippen LogP contribution in [0, 0.1) is 17.8 Å². The van der Waals surface area contributed by atoms with Gasteiger partial charge < -0.3 is 29.9 Å². The summed E-state index contributed by atoms with van der Waals surface area (Å²) >= 11 is 24.5. The molecule has 0 unspecified atom stereocenters. The van der Waals surface area contributed by atoms with Crippen LogP contribution in [0.4, 0.5) is 0 Å². The summed E-state index contributed by atoms with van der Waals surface area (Å²) in [6.07, 6.45) is 5.50. The minimum Gasteiger partial charge on any atom is -0.508 e. The Bertz CT molecular complexity index is 1580. The van der Waals surface area contributed by atoms with Crippen LogP contribution in [0.25, 0.3) is 0 Å². The van der Waals surface area contributed by atoms with Gasteiger partial charge in [0.25, 0.3) is 0 Å². The second-order valence-electron chi connectivity index (χ2n) is 10.9. The summed E-state index contributed by atoms with van der Waals surface area (Å²) < 4.78 is 10.5. The van der Waals surface area contributed by atoms with E-state index < -0.39 is 0 Å². The number of carbonyl (C=O) groups excluding carboxylic acids is 3. The van der Waals surface area contributed by atoms with Crippen molar-refractivity contribution < 1.29 is 44.3 Å². The minimum atomic E-state index is -0.235. The number of hydrogen-bond acceptors (Lipinski definition) is 9. The molecule has 9 nitrogen and oxygen atoms in total. The first-order valence-electron chi connectivity index (χ1n) is 14.8. The van der Waals surface area contributed by atoms with Crippen molar-refractivity contribution in [3.63, 3.8) is 0 Å². The number of phenolic OH excluding ortho intramolecular Hbond substituents is 4. The van der Waals surface area contributed by atoms with Crippen LogP contribution in [0.1, 0.15) is 84.5 Å². The van der Waals surface area contributed by atoms with E-state index in [9.17, 15) is 29.7 Å². The van der Waals surface area contributed by atoms with Crippen molar-refractivity contribution in [3.05, 3.63) is 70.2 Å². The number of aromatic hydroxyl groups is 4. The molecule has 6 rings (SSSR count). The standard InChI is InChI=1S/C12H14O3.C10H9ClO3.C10H10O3.CH2Cl2.2CH4.BBr3/c1-14-9-5-6-11(15-2)10(7-9)12(13)8-3-4-8;11-8-4-6(12)3-7(10(8)14)9(13)5-1-2-5;11-7-3-4-9(12)8(5-7)10(13)6-1-2-6;2-1-3;;;2-1(3)4/h5-8H,3-4H2,1-2H3;3-5,12,14H,1-2H2;3-6,11-12H,1-2H2;1H2;2*1H4;. The van der Waals surface area contributed by atoms with Crippen molar-refractivity contribution in [2.75, 3.05) is 19.6 Å². The summed E-state index contributed by atoms with van der Waals surface area (Å²) in [4.78, 5) is 35.0. The molecule has 3 aromatic rings. The molecule has 51 heavy (non-hydrogen) atoms. The summed E-state index contributed by atoms with van der Waals surface area (Å²) in [5.74, 6) is 1.19. The molecule has 0 aromatic heterocycles. The molecule has 0 saturated heterocycles. The molecule has 0 aliphatic heterocycles. The molecule has 16 heteroatoms. The maximum atomic E-state index is 11.9. The van der Waals surface area contributed by atoms with E-state index >= 15 is 0 Å². The van der Waals surface area contributed by atoms with E-state index in [0.29, 0.717) is 17.1 Å². The lowest BCUT2D eigenvalue weighted by atomic mass is 10.1. The Morgan fingerprint density at radius 1 is 0.686 bits per heavy atom. The van der Waals surface area contributed by atoms with E-state index in [0.717, 1.165) is 38.5 Å². The van der Waals surface area contributed by atoms with Crippen LogP contribution >= 0.6 is 82.1 Å². The second-order valence-corrected chi connectivity index (χ2v) is 18.5. The number of phenols is 4. The zero-order valence-electron chi connectivity index (χ0n) is 26.5. The largest absolute Gasteiger partial charge is 0.508 e. The predicted molar refractivity (Wildman–Crippen MR) is 218 cm³/mol. The molecule has 0 bridgehead atoms. The minimum absolute atomic E-state index is 0. The molecular formula is C35H43BBr3Cl3O9. The summed E-state index contributed by atoms with van der Waals surface area (Å²) in [5.41, 5.74) is 0.999. The number of Topliss-reactive ketones (excluding diaryl/α,β-unsaturated/α-hetero) is 3. The fourth-order valence-electron chi connectivity index (χ4n) is 4.20. The Labute approximate surface area is 340 Å². The Hall–Kier alpha value is -2.16. The van der Waals surface area contributed by atoms with Crippen molar-refractivity contribution in [2.45, 2.75) is 53.4 Å². The van der Waals surface area contributed by atoms with Gasteiger partial charge in [-0.3, -0.25) is 14.4 Å². The lowest BCUT2D eigenvalue weighted by Crippen LogP contribution is -2.04. The number of benzene rings is 3. The zero-order valence-corrected chi connectivity index (χ0v) is 33.5. The molecule has 0 heterocycles. The molecule has 0 spiro atoms. The summed E-state index contributed by atoms with van der Waals surface area (Å²) in [7, 11) is 3.17. The van der Waals surface area contributed by atoms with Crippen LogP contribution in [-0.4, -0.2) is 60.5 Å². The van der Waals surface area contributed by atoms with Crippen LogP contribution in [-0.2, 0) is 0 Å². The highest BCUT2D eigenvalue weighted by Crippen LogP contribution is 2.39. The monoisotopic (exact) mass is 960 g/mol. The number of methoxy groups -OCH3 is 2. The molecule has 0 amide bonds. The van der Waals surface area contributed by atoms with E-state index in [1.165, 1.54) is 30.3 Å². The summed E-state index contributed by atoms with van der Waals surface area (Å²) in [6, 6.07) is 11.8. The van der Waals surface area contributed by atoms with Crippen LogP contribution in [0.5, 0.6) is 34.5 Å². The van der Waals surface area contributed by atoms with E-state index in [1.54, 1.807) is 32.4 Å². The van der Waals surface area contributed by atoms with Gasteiger partial charge >= 0.3 is 3.18 Å². The number of rotatable bonds is 8. The molecule has 4 N–H and O–H groups in total. The maximum absolute atomic E-state index is 11.9. The molecule has 3 aliphatic carbocycles. The summed E-state index contributed by atoms with van der Waals surface area (Å²) in [6.45, 7) is 0. The van der Waals surface area contributed by atoms with Crippen molar-refractivity contribution in [2.24, 2.45) is 17.8 Å². The number of carbonyl (C=O) groups is 3. The fraction of sp³-hybridized carbons (Fsp3) is 0.400. The molecule has 3 fully saturated rings. The van der Waals surface area contributed by atoms with Crippen molar-refractivity contribution in [1.29, 1.82) is 0 Å². The maximum Gasteiger partial charge on any atom is 0.369 e. The Balaban J connectivity index is 0.000000662. The molecule has 3 saturated carbocycles. The molecule has 3 aromatic carbocycles. The number of ketones is 3. The normalized spacial score (nSPS) is 13.5. The van der Waals surface area contributed by atoms with Crippen LogP contribution in [0.2, 0.25) is 5.02 Å². The van der Waals surface area contributed by atoms with Gasteiger partial charge in [0.05, 0.1) is 41.3 Å². The summed E-state index contributed by atoms with van der Waals surface area (Å²) in [5, 5.41) is 37.4. The van der Waals surface area contributed by atoms with Crippen molar-refractivity contribution >= 4 is 103 Å². The highest BCUT2D eigenvalue weighted by atomic mass is 79.9. The fourth-order valence-corrected chi connectivity index (χ4v) is 4.41. The van der Waals surface area contributed by atoms with Gasteiger partial charge in [0.2, 0.25) is 0 Å². The van der Waals surface area contributed by atoms with Gasteiger partial charge in [0.15, 0.2) is 17.3 Å². The number of alkyl halides is 2. The SMILES string of the molecule is BrB(Br)Br.C.C.COc1ccc(OC)c(C(=O)C2CC2)c1.ClCCl.O=C(c1cc(O)cc(Cl)c1O)C1CC1.O=C(c1cc(O)ccc1O)C1CC1. The van der Waals surface area contributed by atoms with E-state index in [4.69, 9.17) is 49.4 Å². The first-order valence-corrected chi connectivity index (χ1v) is 19.0. The molecule has 0 radical (unpaired) electrons. The van der Waals surface area contributed by atoms with Gasteiger partial charge in [-0.1, -0.05) is 26.5 Å². The third-order valence-electron chi connectivity index (χ3n) is 7.08. The third kappa shape index (κ3) is 17.0. The smallest absolute Gasteiger partial charge is 0.369 e. The average Bonchev–Trinajstić information content (AvgIpc) is 3.89. The van der Waals surface area contributed by atoms with Gasteiger partial charge in [-0.25, -0.2) is 0 Å².